The van der Waals surface area contributed by atoms with Crippen molar-refractivity contribution in [3.8, 4) is 0 Å². The predicted molar refractivity (Wildman–Crippen MR) is 83.6 cm³/mol. The molecule has 0 fully saturated rings. The van der Waals surface area contributed by atoms with Gasteiger partial charge in [-0.15, -0.1) is 22.9 Å². The van der Waals surface area contributed by atoms with Gasteiger partial charge in [-0.05, 0) is 17.7 Å². The van der Waals surface area contributed by atoms with E-state index in [4.69, 9.17) is 11.6 Å². The number of rotatable bonds is 6. The summed E-state index contributed by atoms with van der Waals surface area (Å²) in [7, 11) is -3.45. The van der Waals surface area contributed by atoms with Crippen LogP contribution in [0.25, 0.3) is 0 Å². The number of halogens is 1. The van der Waals surface area contributed by atoms with E-state index in [2.05, 4.69) is 0 Å². The second kappa shape index (κ2) is 6.72. The summed E-state index contributed by atoms with van der Waals surface area (Å²) in [6, 6.07) is 13.0. The molecule has 0 unspecified atom stereocenters. The predicted octanol–water partition coefficient (Wildman–Crippen LogP) is 3.70. The van der Waals surface area contributed by atoms with Gasteiger partial charge in [0.25, 0.3) is 10.0 Å². The second-order valence-corrected chi connectivity index (χ2v) is 7.87. The molecule has 0 N–H and O–H groups in total. The minimum atomic E-state index is -3.45. The number of hydrogen-bond acceptors (Lipinski definition) is 3. The first-order chi connectivity index (χ1) is 9.57. The first-order valence-electron chi connectivity index (χ1n) is 6.26. The van der Waals surface area contributed by atoms with E-state index in [-0.39, 0.29) is 0 Å². The molecule has 0 saturated carbocycles. The molecule has 0 bridgehead atoms. The maximum Gasteiger partial charge on any atom is 0.252 e. The van der Waals surface area contributed by atoms with Crippen molar-refractivity contribution in [1.82, 2.24) is 4.31 Å². The first-order valence-corrected chi connectivity index (χ1v) is 9.05. The SMILES string of the molecule is CCN(Cc1ccccc1)S(=O)(=O)c1ccc(CCl)s1. The fourth-order valence-corrected chi connectivity index (χ4v) is 4.90. The average molecular weight is 330 g/mol. The zero-order valence-electron chi connectivity index (χ0n) is 11.1. The zero-order valence-corrected chi connectivity index (χ0v) is 13.5. The molecule has 0 aliphatic rings. The number of benzene rings is 1. The Labute approximate surface area is 128 Å². The van der Waals surface area contributed by atoms with Crippen LogP contribution in [-0.2, 0) is 22.4 Å². The van der Waals surface area contributed by atoms with Gasteiger partial charge in [-0.25, -0.2) is 8.42 Å². The van der Waals surface area contributed by atoms with Crippen LogP contribution < -0.4 is 0 Å². The van der Waals surface area contributed by atoms with Crippen LogP contribution in [0, 0.1) is 0 Å². The van der Waals surface area contributed by atoms with E-state index in [0.717, 1.165) is 10.4 Å². The molecule has 0 amide bonds. The van der Waals surface area contributed by atoms with Crippen LogP contribution in [0.3, 0.4) is 0 Å². The third-order valence-corrected chi connectivity index (χ3v) is 6.84. The van der Waals surface area contributed by atoms with Crippen LogP contribution in [0.2, 0.25) is 0 Å². The van der Waals surface area contributed by atoms with Gasteiger partial charge in [-0.3, -0.25) is 0 Å². The van der Waals surface area contributed by atoms with E-state index < -0.39 is 10.0 Å². The van der Waals surface area contributed by atoms with E-state index in [1.807, 2.05) is 37.3 Å². The molecule has 0 aliphatic carbocycles. The van der Waals surface area contributed by atoms with E-state index in [0.29, 0.717) is 23.2 Å². The highest BCUT2D eigenvalue weighted by Crippen LogP contribution is 2.26. The maximum atomic E-state index is 12.6. The zero-order chi connectivity index (χ0) is 14.6. The van der Waals surface area contributed by atoms with E-state index >= 15 is 0 Å². The minimum absolute atomic E-state index is 0.338. The lowest BCUT2D eigenvalue weighted by atomic mass is 10.2. The van der Waals surface area contributed by atoms with Crippen LogP contribution in [0.5, 0.6) is 0 Å². The van der Waals surface area contributed by atoms with E-state index in [9.17, 15) is 8.42 Å². The number of nitrogens with zero attached hydrogens (tertiary/aromatic N) is 1. The molecule has 0 saturated heterocycles. The summed E-state index contributed by atoms with van der Waals surface area (Å²) in [4.78, 5) is 0.862. The topological polar surface area (TPSA) is 37.4 Å². The van der Waals surface area contributed by atoms with Crippen molar-refractivity contribution in [1.29, 1.82) is 0 Å². The fourth-order valence-electron chi connectivity index (χ4n) is 1.85. The van der Waals surface area contributed by atoms with Crippen molar-refractivity contribution in [2.45, 2.75) is 23.6 Å². The number of alkyl halides is 1. The molecule has 6 heteroatoms. The second-order valence-electron chi connectivity index (χ2n) is 4.27. The van der Waals surface area contributed by atoms with Gasteiger partial charge >= 0.3 is 0 Å². The highest BCUT2D eigenvalue weighted by atomic mass is 35.5. The number of thiophene rings is 1. The normalized spacial score (nSPS) is 11.9. The Bertz CT molecular complexity index is 653. The third-order valence-electron chi connectivity index (χ3n) is 2.92. The van der Waals surface area contributed by atoms with Crippen molar-refractivity contribution in [3.63, 3.8) is 0 Å². The van der Waals surface area contributed by atoms with Crippen LogP contribution in [0.1, 0.15) is 17.4 Å². The van der Waals surface area contributed by atoms with Crippen LogP contribution in [0.4, 0.5) is 0 Å². The quantitative estimate of drug-likeness (QED) is 0.758. The molecule has 1 aromatic carbocycles. The summed E-state index contributed by atoms with van der Waals surface area (Å²) in [5, 5.41) is 0. The standard InChI is InChI=1S/C14H16ClNO2S2/c1-2-16(11-12-6-4-3-5-7-12)20(17,18)14-9-8-13(10-15)19-14/h3-9H,2,10-11H2,1H3. The lowest BCUT2D eigenvalue weighted by Gasteiger charge is -2.19. The fraction of sp³-hybridized carbons (Fsp3) is 0.286. The van der Waals surface area contributed by atoms with Gasteiger partial charge in [0.2, 0.25) is 0 Å². The van der Waals surface area contributed by atoms with Crippen molar-refractivity contribution in [2.24, 2.45) is 0 Å². The smallest absolute Gasteiger partial charge is 0.206 e. The molecule has 0 atom stereocenters. The van der Waals surface area contributed by atoms with Crippen molar-refractivity contribution >= 4 is 33.0 Å². The molecular formula is C14H16ClNO2S2. The molecule has 2 aromatic rings. The summed E-state index contributed by atoms with van der Waals surface area (Å²) in [6.45, 7) is 2.66. The van der Waals surface area contributed by atoms with Gasteiger partial charge in [-0.1, -0.05) is 37.3 Å². The Balaban J connectivity index is 2.25. The third kappa shape index (κ3) is 3.41. The summed E-state index contributed by atoms with van der Waals surface area (Å²) < 4.78 is 27.0. The Kier molecular flexibility index (Phi) is 5.21. The molecule has 108 valence electrons. The first kappa shape index (κ1) is 15.5. The number of sulfonamides is 1. The van der Waals surface area contributed by atoms with Gasteiger partial charge < -0.3 is 0 Å². The van der Waals surface area contributed by atoms with Gasteiger partial charge in [0.15, 0.2) is 0 Å². The molecule has 1 heterocycles. The summed E-state index contributed by atoms with van der Waals surface area (Å²) in [5.74, 6) is 0.338. The summed E-state index contributed by atoms with van der Waals surface area (Å²) >= 11 is 6.97. The maximum absolute atomic E-state index is 12.6. The van der Waals surface area contributed by atoms with E-state index in [1.165, 1.54) is 15.6 Å². The van der Waals surface area contributed by atoms with E-state index in [1.54, 1.807) is 12.1 Å². The van der Waals surface area contributed by atoms with Gasteiger partial charge in [-0.2, -0.15) is 4.31 Å². The largest absolute Gasteiger partial charge is 0.252 e. The minimum Gasteiger partial charge on any atom is -0.206 e. The van der Waals surface area contributed by atoms with Crippen LogP contribution in [-0.4, -0.2) is 19.3 Å². The Morgan fingerprint density at radius 1 is 1.15 bits per heavy atom. The van der Waals surface area contributed by atoms with Crippen molar-refractivity contribution in [2.75, 3.05) is 6.54 Å². The summed E-state index contributed by atoms with van der Waals surface area (Å²) in [5.41, 5.74) is 0.979. The lowest BCUT2D eigenvalue weighted by molar-refractivity contribution is 0.425. The molecule has 1 aromatic heterocycles. The molecule has 20 heavy (non-hydrogen) atoms. The molecule has 3 nitrogen and oxygen atoms in total. The Hall–Kier alpha value is -0.880. The monoisotopic (exact) mass is 329 g/mol. The molecule has 2 rings (SSSR count). The van der Waals surface area contributed by atoms with Gasteiger partial charge in [0.1, 0.15) is 4.21 Å². The lowest BCUT2D eigenvalue weighted by Crippen LogP contribution is -2.29. The molecular weight excluding hydrogens is 314 g/mol. The van der Waals surface area contributed by atoms with Gasteiger partial charge in [0, 0.05) is 18.0 Å². The molecule has 0 radical (unpaired) electrons. The number of hydrogen-bond donors (Lipinski definition) is 0. The molecule has 0 spiro atoms. The van der Waals surface area contributed by atoms with Crippen LogP contribution >= 0.6 is 22.9 Å². The molecule has 0 aliphatic heterocycles. The van der Waals surface area contributed by atoms with Gasteiger partial charge in [0.05, 0.1) is 5.88 Å². The van der Waals surface area contributed by atoms with Crippen molar-refractivity contribution < 1.29 is 8.42 Å². The van der Waals surface area contributed by atoms with Crippen molar-refractivity contribution in [3.05, 3.63) is 52.9 Å². The highest BCUT2D eigenvalue weighted by Gasteiger charge is 2.24. The summed E-state index contributed by atoms with van der Waals surface area (Å²) in [6.07, 6.45) is 0. The Morgan fingerprint density at radius 3 is 2.40 bits per heavy atom. The highest BCUT2D eigenvalue weighted by molar-refractivity contribution is 7.91. The Morgan fingerprint density at radius 2 is 1.85 bits per heavy atom. The average Bonchev–Trinajstić information content (AvgIpc) is 2.95. The van der Waals surface area contributed by atoms with Crippen LogP contribution in [0.15, 0.2) is 46.7 Å².